The quantitative estimate of drug-likeness (QED) is 0.579. The maximum atomic E-state index is 11.3. The van der Waals surface area contributed by atoms with Gasteiger partial charge in [-0.1, -0.05) is 13.0 Å². The lowest BCUT2D eigenvalue weighted by Gasteiger charge is -2.30. The van der Waals surface area contributed by atoms with Crippen molar-refractivity contribution in [1.29, 1.82) is 0 Å². The van der Waals surface area contributed by atoms with Crippen LogP contribution >= 0.6 is 38.6 Å². The SMILES string of the molecule is CCc1ccsc1C(=CCCN1CCCC(C(=O)O)C1)c1sccc1Br. The molecule has 3 heterocycles. The summed E-state index contributed by atoms with van der Waals surface area (Å²) in [5.74, 6) is -0.859. The minimum Gasteiger partial charge on any atom is -0.481 e. The normalized spacial score (nSPS) is 19.0. The lowest BCUT2D eigenvalue weighted by molar-refractivity contribution is -0.143. The Hall–Kier alpha value is -0.950. The molecule has 0 aliphatic carbocycles. The number of likely N-dealkylation sites (tertiary alicyclic amines) is 1. The van der Waals surface area contributed by atoms with E-state index in [2.05, 4.69) is 56.7 Å². The van der Waals surface area contributed by atoms with Crippen LogP contribution in [-0.2, 0) is 11.2 Å². The van der Waals surface area contributed by atoms with Gasteiger partial charge in [-0.25, -0.2) is 0 Å². The number of hydrogen-bond acceptors (Lipinski definition) is 4. The van der Waals surface area contributed by atoms with Gasteiger partial charge in [-0.3, -0.25) is 4.79 Å². The number of rotatable bonds is 7. The molecular weight excluding hydrogens is 430 g/mol. The first-order valence-corrected chi connectivity index (χ1v) is 11.6. The van der Waals surface area contributed by atoms with Crippen LogP contribution in [0.15, 0.2) is 33.4 Å². The van der Waals surface area contributed by atoms with Crippen LogP contribution in [0.1, 0.15) is 41.5 Å². The molecule has 1 fully saturated rings. The van der Waals surface area contributed by atoms with Crippen molar-refractivity contribution in [3.8, 4) is 0 Å². The molecule has 3 rings (SSSR count). The summed E-state index contributed by atoms with van der Waals surface area (Å²) < 4.78 is 1.15. The van der Waals surface area contributed by atoms with E-state index in [-0.39, 0.29) is 5.92 Å². The highest BCUT2D eigenvalue weighted by molar-refractivity contribution is 9.10. The van der Waals surface area contributed by atoms with E-state index < -0.39 is 5.97 Å². The first-order valence-electron chi connectivity index (χ1n) is 9.05. The van der Waals surface area contributed by atoms with E-state index in [1.165, 1.54) is 20.9 Å². The number of hydrogen-bond donors (Lipinski definition) is 1. The number of carbonyl (C=O) groups is 1. The predicted octanol–water partition coefficient (Wildman–Crippen LogP) is 5.75. The molecule has 2 aromatic rings. The second kappa shape index (κ2) is 9.31. The summed E-state index contributed by atoms with van der Waals surface area (Å²) in [6.07, 6.45) is 6.10. The van der Waals surface area contributed by atoms with Crippen molar-refractivity contribution in [2.45, 2.75) is 32.6 Å². The number of halogens is 1. The number of aliphatic carboxylic acids is 1. The maximum Gasteiger partial charge on any atom is 0.307 e. The van der Waals surface area contributed by atoms with Crippen molar-refractivity contribution in [1.82, 2.24) is 4.90 Å². The number of nitrogens with zero attached hydrogens (tertiary/aromatic N) is 1. The summed E-state index contributed by atoms with van der Waals surface area (Å²) in [6.45, 7) is 4.81. The topological polar surface area (TPSA) is 40.5 Å². The van der Waals surface area contributed by atoms with Gasteiger partial charge in [0.15, 0.2) is 0 Å². The Morgan fingerprint density at radius 1 is 1.35 bits per heavy atom. The Labute approximate surface area is 171 Å². The second-order valence-electron chi connectivity index (χ2n) is 6.61. The zero-order chi connectivity index (χ0) is 18.5. The van der Waals surface area contributed by atoms with E-state index in [9.17, 15) is 9.90 Å². The molecule has 0 spiro atoms. The molecule has 1 N–H and O–H groups in total. The fourth-order valence-electron chi connectivity index (χ4n) is 3.48. The molecular formula is C20H24BrNO2S2. The summed E-state index contributed by atoms with van der Waals surface area (Å²) in [7, 11) is 0. The highest BCUT2D eigenvalue weighted by atomic mass is 79.9. The maximum absolute atomic E-state index is 11.3. The van der Waals surface area contributed by atoms with Gasteiger partial charge >= 0.3 is 5.97 Å². The molecule has 1 unspecified atom stereocenters. The molecule has 0 radical (unpaired) electrons. The minimum absolute atomic E-state index is 0.206. The van der Waals surface area contributed by atoms with Crippen molar-refractivity contribution in [3.05, 3.63) is 48.8 Å². The molecule has 0 saturated carbocycles. The monoisotopic (exact) mass is 453 g/mol. The molecule has 140 valence electrons. The summed E-state index contributed by atoms with van der Waals surface area (Å²) in [4.78, 5) is 16.2. The number of aryl methyl sites for hydroxylation is 1. The third-order valence-corrected chi connectivity index (χ3v) is 7.74. The van der Waals surface area contributed by atoms with Crippen LogP contribution in [0.3, 0.4) is 0 Å². The Kier molecular flexibility index (Phi) is 7.09. The average molecular weight is 454 g/mol. The smallest absolute Gasteiger partial charge is 0.307 e. The lowest BCUT2D eigenvalue weighted by atomic mass is 9.98. The van der Waals surface area contributed by atoms with Crippen molar-refractivity contribution in [2.24, 2.45) is 5.92 Å². The van der Waals surface area contributed by atoms with E-state index in [0.717, 1.165) is 43.2 Å². The Bertz CT molecular complexity index is 780. The van der Waals surface area contributed by atoms with Crippen LogP contribution < -0.4 is 0 Å². The average Bonchev–Trinajstić information content (AvgIpc) is 3.28. The van der Waals surface area contributed by atoms with Crippen LogP contribution in [-0.4, -0.2) is 35.6 Å². The fraction of sp³-hybridized carbons (Fsp3) is 0.450. The molecule has 3 nitrogen and oxygen atoms in total. The van der Waals surface area contributed by atoms with E-state index in [1.807, 2.05) is 0 Å². The third kappa shape index (κ3) is 4.66. The molecule has 1 saturated heterocycles. The summed E-state index contributed by atoms with van der Waals surface area (Å²) in [5.41, 5.74) is 2.70. The summed E-state index contributed by atoms with van der Waals surface area (Å²) in [5, 5.41) is 13.6. The third-order valence-electron chi connectivity index (χ3n) is 4.88. The largest absolute Gasteiger partial charge is 0.481 e. The molecule has 1 aliphatic rings. The number of piperidine rings is 1. The predicted molar refractivity (Wildman–Crippen MR) is 114 cm³/mol. The molecule has 1 aliphatic heterocycles. The van der Waals surface area contributed by atoms with Gasteiger partial charge in [-0.05, 0) is 76.6 Å². The van der Waals surface area contributed by atoms with Crippen molar-refractivity contribution in [3.63, 3.8) is 0 Å². The van der Waals surface area contributed by atoms with Crippen molar-refractivity contribution < 1.29 is 9.90 Å². The van der Waals surface area contributed by atoms with Gasteiger partial charge in [-0.15, -0.1) is 22.7 Å². The Balaban J connectivity index is 1.75. The highest BCUT2D eigenvalue weighted by Gasteiger charge is 2.24. The first kappa shape index (κ1) is 19.8. The van der Waals surface area contributed by atoms with E-state index in [1.54, 1.807) is 22.7 Å². The number of thiophene rings is 2. The molecule has 26 heavy (non-hydrogen) atoms. The highest BCUT2D eigenvalue weighted by Crippen LogP contribution is 2.38. The molecule has 0 amide bonds. The van der Waals surface area contributed by atoms with Crippen LogP contribution in [0, 0.1) is 5.92 Å². The Morgan fingerprint density at radius 2 is 2.12 bits per heavy atom. The number of carboxylic acids is 1. The second-order valence-corrected chi connectivity index (χ2v) is 9.30. The van der Waals surface area contributed by atoms with Gasteiger partial charge in [0.25, 0.3) is 0 Å². The molecule has 2 aromatic heterocycles. The standard InChI is InChI=1S/C20H24BrNO2S2/c1-2-14-7-11-25-18(14)16(19-17(21)8-12-26-19)6-4-10-22-9-3-5-15(13-22)20(23)24/h6-8,11-12,15H,2-5,9-10,13H2,1H3,(H,23,24). The van der Waals surface area contributed by atoms with E-state index in [0.29, 0.717) is 6.54 Å². The Morgan fingerprint density at radius 3 is 2.81 bits per heavy atom. The van der Waals surface area contributed by atoms with E-state index >= 15 is 0 Å². The van der Waals surface area contributed by atoms with Crippen LogP contribution in [0.4, 0.5) is 0 Å². The van der Waals surface area contributed by atoms with Gasteiger partial charge in [0.2, 0.25) is 0 Å². The molecule has 1 atom stereocenters. The van der Waals surface area contributed by atoms with Gasteiger partial charge in [0.05, 0.1) is 5.92 Å². The first-order chi connectivity index (χ1) is 12.6. The minimum atomic E-state index is -0.653. The zero-order valence-corrected chi connectivity index (χ0v) is 18.1. The van der Waals surface area contributed by atoms with Crippen LogP contribution in [0.5, 0.6) is 0 Å². The zero-order valence-electron chi connectivity index (χ0n) is 14.9. The van der Waals surface area contributed by atoms with Crippen molar-refractivity contribution in [2.75, 3.05) is 19.6 Å². The van der Waals surface area contributed by atoms with Gasteiger partial charge in [0.1, 0.15) is 0 Å². The summed E-state index contributed by atoms with van der Waals surface area (Å²) >= 11 is 7.26. The fourth-order valence-corrected chi connectivity index (χ4v) is 6.22. The van der Waals surface area contributed by atoms with Crippen LogP contribution in [0.25, 0.3) is 5.57 Å². The summed E-state index contributed by atoms with van der Waals surface area (Å²) in [6, 6.07) is 4.33. The van der Waals surface area contributed by atoms with Crippen molar-refractivity contribution >= 4 is 50.1 Å². The number of carboxylic acid groups (broad SMARTS) is 1. The van der Waals surface area contributed by atoms with Gasteiger partial charge < -0.3 is 10.0 Å². The van der Waals surface area contributed by atoms with Crippen LogP contribution in [0.2, 0.25) is 0 Å². The molecule has 6 heteroatoms. The van der Waals surface area contributed by atoms with Gasteiger partial charge in [-0.2, -0.15) is 0 Å². The van der Waals surface area contributed by atoms with Gasteiger partial charge in [0, 0.05) is 32.9 Å². The molecule has 0 bridgehead atoms. The van der Waals surface area contributed by atoms with E-state index in [4.69, 9.17) is 0 Å². The lowest BCUT2D eigenvalue weighted by Crippen LogP contribution is -2.39. The molecule has 0 aromatic carbocycles.